The molecule has 0 N–H and O–H groups in total. The summed E-state index contributed by atoms with van der Waals surface area (Å²) in [6.45, 7) is 18.2. The molecular formula is C40H44Cl2SiZr. The predicted octanol–water partition coefficient (Wildman–Crippen LogP) is 12.9. The molecule has 0 nitrogen and oxygen atoms in total. The summed E-state index contributed by atoms with van der Waals surface area (Å²) in [6.07, 6.45) is 6.85. The molecule has 2 aliphatic carbocycles. The van der Waals surface area contributed by atoms with Crippen molar-refractivity contribution >= 4 is 34.6 Å². The van der Waals surface area contributed by atoms with Gasteiger partial charge in [0.1, 0.15) is 0 Å². The van der Waals surface area contributed by atoms with E-state index in [1.165, 1.54) is 77.9 Å². The Morgan fingerprint density at radius 1 is 0.591 bits per heavy atom. The molecule has 0 radical (unpaired) electrons. The van der Waals surface area contributed by atoms with Gasteiger partial charge in [0.25, 0.3) is 0 Å². The van der Waals surface area contributed by atoms with Gasteiger partial charge in [-0.25, -0.2) is 0 Å². The van der Waals surface area contributed by atoms with E-state index in [0.29, 0.717) is 0 Å². The van der Waals surface area contributed by atoms with Gasteiger partial charge in [-0.2, -0.15) is 0 Å². The van der Waals surface area contributed by atoms with E-state index < -0.39 is 20.4 Å². The molecule has 2 atom stereocenters. The van der Waals surface area contributed by atoms with Crippen LogP contribution in [0.4, 0.5) is 0 Å². The van der Waals surface area contributed by atoms with Crippen molar-refractivity contribution < 1.29 is 15.0 Å². The normalized spacial score (nSPS) is 17.7. The molecule has 226 valence electrons. The molecule has 0 amide bonds. The fraction of sp³-hybridized carbons (Fsp3) is 0.300. The number of allylic oxidation sites excluding steroid dienone is 2. The van der Waals surface area contributed by atoms with Gasteiger partial charge in [0, 0.05) is 0 Å². The van der Waals surface area contributed by atoms with Crippen LogP contribution in [0.2, 0.25) is 13.1 Å². The summed E-state index contributed by atoms with van der Waals surface area (Å²) in [5.41, 5.74) is 17.5. The van der Waals surface area contributed by atoms with E-state index in [1.807, 2.05) is 0 Å². The Balaban J connectivity index is 1.62. The van der Waals surface area contributed by atoms with Gasteiger partial charge in [-0.3, -0.25) is 0 Å². The van der Waals surface area contributed by atoms with Gasteiger partial charge in [-0.15, -0.1) is 0 Å². The van der Waals surface area contributed by atoms with Crippen LogP contribution >= 0.6 is 17.0 Å². The molecule has 44 heavy (non-hydrogen) atoms. The number of hydrogen-bond acceptors (Lipinski definition) is 0. The molecule has 4 aromatic rings. The van der Waals surface area contributed by atoms with Crippen molar-refractivity contribution in [2.45, 2.75) is 74.7 Å². The molecule has 2 unspecified atom stereocenters. The Bertz CT molecular complexity index is 1830. The SMILES string of the molecule is CCC1=Cc2c(-c3cc(C)ccc3C)cccc2[CH]1[Zr]([Cl])([Cl])([CH]1C(CC)=Cc2c(-c3cc(C)ccc3C)cccc21)=[Si](C)C. The number of rotatable bonds is 6. The first-order chi connectivity index (χ1) is 20.9. The number of hydrogen-bond donors (Lipinski definition) is 0. The Kier molecular flexibility index (Phi) is 8.50. The maximum atomic E-state index is 8.59. The van der Waals surface area contributed by atoms with Crippen LogP contribution in [-0.4, -0.2) is 5.43 Å². The van der Waals surface area contributed by atoms with Gasteiger partial charge in [0.15, 0.2) is 0 Å². The average molecular weight is 715 g/mol. The van der Waals surface area contributed by atoms with Crippen molar-refractivity contribution in [1.29, 1.82) is 0 Å². The fourth-order valence-electron chi connectivity index (χ4n) is 8.06. The van der Waals surface area contributed by atoms with Gasteiger partial charge < -0.3 is 0 Å². The van der Waals surface area contributed by atoms with E-state index >= 15 is 0 Å². The van der Waals surface area contributed by atoms with Crippen LogP contribution in [0.1, 0.15) is 78.4 Å². The third-order valence-corrected chi connectivity index (χ3v) is 57.1. The second-order valence-corrected chi connectivity index (χ2v) is 52.2. The Morgan fingerprint density at radius 2 is 1.00 bits per heavy atom. The zero-order chi connectivity index (χ0) is 31.6. The van der Waals surface area contributed by atoms with Crippen molar-refractivity contribution in [1.82, 2.24) is 0 Å². The van der Waals surface area contributed by atoms with E-state index in [-0.39, 0.29) is 7.25 Å². The molecule has 0 aromatic heterocycles. The summed E-state index contributed by atoms with van der Waals surface area (Å²) in [5.74, 6) is 0. The van der Waals surface area contributed by atoms with Crippen LogP contribution in [0, 0.1) is 27.7 Å². The van der Waals surface area contributed by atoms with Crippen LogP contribution in [0.5, 0.6) is 0 Å². The summed E-state index contributed by atoms with van der Waals surface area (Å²) in [5, 5.41) is 0. The summed E-state index contributed by atoms with van der Waals surface area (Å²) in [4.78, 5) is 0. The molecular weight excluding hydrogens is 671 g/mol. The summed E-state index contributed by atoms with van der Waals surface area (Å²) >= 11 is -4.81. The second kappa shape index (κ2) is 11.7. The molecule has 2 aliphatic rings. The molecule has 0 heterocycles. The molecule has 0 aliphatic heterocycles. The van der Waals surface area contributed by atoms with Crippen LogP contribution < -0.4 is 0 Å². The molecule has 4 aromatic carbocycles. The first kappa shape index (κ1) is 32.0. The number of aryl methyl sites for hydroxylation is 4. The number of fused-ring (bicyclic) bond motifs is 2. The van der Waals surface area contributed by atoms with Crippen LogP contribution in [0.3, 0.4) is 0 Å². The molecule has 0 spiro atoms. The summed E-state index contributed by atoms with van der Waals surface area (Å²) in [7, 11) is 17.2. The van der Waals surface area contributed by atoms with E-state index in [1.54, 1.807) is 0 Å². The van der Waals surface area contributed by atoms with Gasteiger partial charge in [0.05, 0.1) is 0 Å². The third kappa shape index (κ3) is 4.86. The van der Waals surface area contributed by atoms with Gasteiger partial charge in [-0.05, 0) is 0 Å². The number of halogens is 2. The van der Waals surface area contributed by atoms with E-state index in [4.69, 9.17) is 17.0 Å². The Labute approximate surface area is 273 Å². The molecule has 0 saturated heterocycles. The summed E-state index contributed by atoms with van der Waals surface area (Å²) < 4.78 is 0.202. The van der Waals surface area contributed by atoms with Crippen molar-refractivity contribution in [3.63, 3.8) is 0 Å². The van der Waals surface area contributed by atoms with Crippen LogP contribution in [0.25, 0.3) is 34.4 Å². The van der Waals surface area contributed by atoms with Crippen molar-refractivity contribution in [2.24, 2.45) is 0 Å². The number of benzene rings is 4. The second-order valence-electron chi connectivity index (χ2n) is 13.4. The standard InChI is InChI=1S/2C19H19.C2H6Si.2ClH.Zr/c2*1-4-15-11-16-6-5-7-17(19(16)12-15)18-10-13(2)8-9-14(18)3;1-3-2;;;/h2*5-12H,4H2,1-3H3;1-2H3;2*1H;/q;;;;;+2/p-2. The molecule has 0 saturated carbocycles. The molecule has 0 fully saturated rings. The zero-order valence-electron chi connectivity index (χ0n) is 27.4. The van der Waals surface area contributed by atoms with Gasteiger partial charge in [-0.1, -0.05) is 0 Å². The Morgan fingerprint density at radius 3 is 1.36 bits per heavy atom. The van der Waals surface area contributed by atoms with E-state index in [0.717, 1.165) is 12.8 Å². The van der Waals surface area contributed by atoms with Crippen molar-refractivity contribution in [2.75, 3.05) is 0 Å². The van der Waals surface area contributed by atoms with E-state index in [9.17, 15) is 0 Å². The predicted molar refractivity (Wildman–Crippen MR) is 194 cm³/mol. The first-order valence-electron chi connectivity index (χ1n) is 16.1. The van der Waals surface area contributed by atoms with Gasteiger partial charge >= 0.3 is 275 Å². The van der Waals surface area contributed by atoms with Crippen molar-refractivity contribution in [3.8, 4) is 22.3 Å². The van der Waals surface area contributed by atoms with Crippen LogP contribution in [-0.2, 0) is 15.0 Å². The third-order valence-electron chi connectivity index (χ3n) is 10.5. The average Bonchev–Trinajstić information content (AvgIpc) is 3.59. The topological polar surface area (TPSA) is 0 Å². The van der Waals surface area contributed by atoms with Gasteiger partial charge in [0.2, 0.25) is 0 Å². The first-order valence-corrected chi connectivity index (χ1v) is 31.5. The minimum atomic E-state index is -4.81. The Hall–Kier alpha value is -1.96. The maximum absolute atomic E-state index is 8.59. The summed E-state index contributed by atoms with van der Waals surface area (Å²) in [6, 6.07) is 27.3. The molecule has 6 rings (SSSR count). The minimum absolute atomic E-state index is 0.101. The molecule has 0 bridgehead atoms. The monoisotopic (exact) mass is 712 g/mol. The zero-order valence-corrected chi connectivity index (χ0v) is 32.4. The quantitative estimate of drug-likeness (QED) is 0.174. The van der Waals surface area contributed by atoms with Crippen molar-refractivity contribution in [3.05, 3.63) is 128 Å². The fourth-order valence-corrected chi connectivity index (χ4v) is 37.5. The molecule has 4 heteroatoms. The van der Waals surface area contributed by atoms with Crippen LogP contribution in [0.15, 0.2) is 83.9 Å². The van der Waals surface area contributed by atoms with E-state index in [2.05, 4.69) is 140 Å².